The van der Waals surface area contributed by atoms with E-state index in [0.29, 0.717) is 29.2 Å². The quantitative estimate of drug-likeness (QED) is 0.887. The predicted molar refractivity (Wildman–Crippen MR) is 76.9 cm³/mol. The SMILES string of the molecule is COc1cc(C(O)Cc2cncs2)cc(OC)c1OC. The highest BCUT2D eigenvalue weighted by atomic mass is 32.1. The van der Waals surface area contributed by atoms with E-state index in [9.17, 15) is 5.11 Å². The summed E-state index contributed by atoms with van der Waals surface area (Å²) in [4.78, 5) is 5.02. The molecule has 0 aliphatic heterocycles. The number of methoxy groups -OCH3 is 3. The maximum atomic E-state index is 10.3. The van der Waals surface area contributed by atoms with Gasteiger partial charge < -0.3 is 19.3 Å². The van der Waals surface area contributed by atoms with Gasteiger partial charge in [-0.25, -0.2) is 0 Å². The van der Waals surface area contributed by atoms with E-state index in [0.717, 1.165) is 4.88 Å². The Kier molecular flexibility index (Phi) is 4.81. The molecule has 1 heterocycles. The first-order chi connectivity index (χ1) is 9.69. The molecule has 6 heteroatoms. The van der Waals surface area contributed by atoms with E-state index < -0.39 is 6.10 Å². The van der Waals surface area contributed by atoms with Gasteiger partial charge >= 0.3 is 0 Å². The van der Waals surface area contributed by atoms with E-state index in [-0.39, 0.29) is 0 Å². The van der Waals surface area contributed by atoms with Crippen molar-refractivity contribution in [1.82, 2.24) is 4.98 Å². The fourth-order valence-corrected chi connectivity index (χ4v) is 2.58. The van der Waals surface area contributed by atoms with Crippen molar-refractivity contribution < 1.29 is 19.3 Å². The fourth-order valence-electron chi connectivity index (χ4n) is 1.95. The van der Waals surface area contributed by atoms with Crippen LogP contribution in [0, 0.1) is 0 Å². The number of nitrogens with zero attached hydrogens (tertiary/aromatic N) is 1. The molecule has 0 saturated carbocycles. The first-order valence-electron chi connectivity index (χ1n) is 6.05. The summed E-state index contributed by atoms with van der Waals surface area (Å²) < 4.78 is 15.8. The summed E-state index contributed by atoms with van der Waals surface area (Å²) in [7, 11) is 4.65. The second-order valence-corrected chi connectivity index (χ2v) is 5.12. The van der Waals surface area contributed by atoms with Crippen LogP contribution >= 0.6 is 11.3 Å². The highest BCUT2D eigenvalue weighted by Gasteiger charge is 2.18. The van der Waals surface area contributed by atoms with Crippen molar-refractivity contribution in [2.75, 3.05) is 21.3 Å². The second kappa shape index (κ2) is 6.58. The van der Waals surface area contributed by atoms with Crippen LogP contribution in [0.2, 0.25) is 0 Å². The minimum Gasteiger partial charge on any atom is -0.493 e. The van der Waals surface area contributed by atoms with E-state index in [1.807, 2.05) is 0 Å². The molecule has 2 rings (SSSR count). The molecule has 0 aliphatic carbocycles. The summed E-state index contributed by atoms with van der Waals surface area (Å²) in [5.74, 6) is 1.58. The van der Waals surface area contributed by atoms with Gasteiger partial charge in [0.25, 0.3) is 0 Å². The minimum atomic E-state index is -0.649. The fraction of sp³-hybridized carbons (Fsp3) is 0.357. The molecule has 0 fully saturated rings. The van der Waals surface area contributed by atoms with Gasteiger partial charge in [0, 0.05) is 17.5 Å². The van der Waals surface area contributed by atoms with E-state index >= 15 is 0 Å². The van der Waals surface area contributed by atoms with Crippen molar-refractivity contribution >= 4 is 11.3 Å². The lowest BCUT2D eigenvalue weighted by Crippen LogP contribution is -2.03. The molecule has 0 amide bonds. The van der Waals surface area contributed by atoms with Gasteiger partial charge in [-0.2, -0.15) is 0 Å². The Hall–Kier alpha value is -1.79. The minimum absolute atomic E-state index is 0.503. The van der Waals surface area contributed by atoms with E-state index in [1.165, 1.54) is 11.3 Å². The van der Waals surface area contributed by atoms with Crippen molar-refractivity contribution in [3.63, 3.8) is 0 Å². The van der Waals surface area contributed by atoms with Gasteiger partial charge in [-0.3, -0.25) is 4.98 Å². The maximum absolute atomic E-state index is 10.3. The molecule has 20 heavy (non-hydrogen) atoms. The molecule has 1 aromatic heterocycles. The van der Waals surface area contributed by atoms with Gasteiger partial charge in [-0.15, -0.1) is 11.3 Å². The van der Waals surface area contributed by atoms with E-state index in [1.54, 1.807) is 45.2 Å². The van der Waals surface area contributed by atoms with Crippen LogP contribution in [0.3, 0.4) is 0 Å². The van der Waals surface area contributed by atoms with Crippen molar-refractivity contribution in [2.24, 2.45) is 0 Å². The Balaban J connectivity index is 2.31. The molecule has 5 nitrogen and oxygen atoms in total. The Morgan fingerprint density at radius 1 is 1.15 bits per heavy atom. The number of thiazole rings is 1. The number of aliphatic hydroxyl groups excluding tert-OH is 1. The van der Waals surface area contributed by atoms with Crippen LogP contribution in [-0.2, 0) is 6.42 Å². The molecule has 1 unspecified atom stereocenters. The number of ether oxygens (including phenoxy) is 3. The van der Waals surface area contributed by atoms with E-state index in [2.05, 4.69) is 4.98 Å². The third-order valence-electron chi connectivity index (χ3n) is 2.95. The van der Waals surface area contributed by atoms with Gasteiger partial charge in [-0.1, -0.05) is 0 Å². The van der Waals surface area contributed by atoms with Crippen LogP contribution < -0.4 is 14.2 Å². The Labute approximate surface area is 121 Å². The molecule has 0 aliphatic rings. The highest BCUT2D eigenvalue weighted by Crippen LogP contribution is 2.40. The molecule has 0 saturated heterocycles. The van der Waals surface area contributed by atoms with Crippen LogP contribution in [0.4, 0.5) is 0 Å². The number of hydrogen-bond acceptors (Lipinski definition) is 6. The lowest BCUT2D eigenvalue weighted by atomic mass is 10.0. The molecule has 108 valence electrons. The molecule has 0 radical (unpaired) electrons. The zero-order chi connectivity index (χ0) is 14.5. The zero-order valence-electron chi connectivity index (χ0n) is 11.6. The Morgan fingerprint density at radius 2 is 1.80 bits per heavy atom. The first-order valence-corrected chi connectivity index (χ1v) is 6.93. The molecule has 1 N–H and O–H groups in total. The van der Waals surface area contributed by atoms with Crippen molar-refractivity contribution in [3.8, 4) is 17.2 Å². The zero-order valence-corrected chi connectivity index (χ0v) is 12.4. The summed E-state index contributed by atoms with van der Waals surface area (Å²) in [6.07, 6.45) is 1.61. The summed E-state index contributed by atoms with van der Waals surface area (Å²) in [6.45, 7) is 0. The molecular weight excluding hydrogens is 278 g/mol. The van der Waals surface area contributed by atoms with Crippen LogP contribution in [0.25, 0.3) is 0 Å². The number of hydrogen-bond donors (Lipinski definition) is 1. The van der Waals surface area contributed by atoms with Crippen molar-refractivity contribution in [1.29, 1.82) is 0 Å². The molecule has 0 spiro atoms. The van der Waals surface area contributed by atoms with Gasteiger partial charge in [0.15, 0.2) is 11.5 Å². The monoisotopic (exact) mass is 295 g/mol. The standard InChI is InChI=1S/C14H17NO4S/c1-17-12-4-9(5-13(18-2)14(12)19-3)11(16)6-10-7-15-8-20-10/h4-5,7-8,11,16H,6H2,1-3H3. The number of rotatable bonds is 6. The van der Waals surface area contributed by atoms with Gasteiger partial charge in [-0.05, 0) is 17.7 Å². The summed E-state index contributed by atoms with van der Waals surface area (Å²) in [5.41, 5.74) is 2.46. The molecule has 1 aromatic carbocycles. The second-order valence-electron chi connectivity index (χ2n) is 4.15. The van der Waals surface area contributed by atoms with E-state index in [4.69, 9.17) is 14.2 Å². The van der Waals surface area contributed by atoms with Crippen LogP contribution in [-0.4, -0.2) is 31.4 Å². The summed E-state index contributed by atoms with van der Waals surface area (Å²) in [6, 6.07) is 3.51. The summed E-state index contributed by atoms with van der Waals surface area (Å²) >= 11 is 1.52. The molecule has 0 bridgehead atoms. The normalized spacial score (nSPS) is 12.0. The highest BCUT2D eigenvalue weighted by molar-refractivity contribution is 7.09. The average Bonchev–Trinajstić information content (AvgIpc) is 2.98. The average molecular weight is 295 g/mol. The number of aromatic nitrogens is 1. The smallest absolute Gasteiger partial charge is 0.203 e. The van der Waals surface area contributed by atoms with Crippen LogP contribution in [0.5, 0.6) is 17.2 Å². The third kappa shape index (κ3) is 3.02. The van der Waals surface area contributed by atoms with Gasteiger partial charge in [0.1, 0.15) is 0 Å². The number of benzene rings is 1. The molecule has 2 aromatic rings. The first kappa shape index (κ1) is 14.6. The molecular formula is C14H17NO4S. The van der Waals surface area contributed by atoms with Crippen molar-refractivity contribution in [2.45, 2.75) is 12.5 Å². The van der Waals surface area contributed by atoms with Crippen molar-refractivity contribution in [3.05, 3.63) is 34.3 Å². The van der Waals surface area contributed by atoms with Gasteiger partial charge in [0.2, 0.25) is 5.75 Å². The largest absolute Gasteiger partial charge is 0.493 e. The maximum Gasteiger partial charge on any atom is 0.203 e. The predicted octanol–water partition coefficient (Wildman–Crippen LogP) is 2.45. The van der Waals surface area contributed by atoms with Crippen LogP contribution in [0.1, 0.15) is 16.5 Å². The Bertz CT molecular complexity index is 531. The third-order valence-corrected chi connectivity index (χ3v) is 3.75. The van der Waals surface area contributed by atoms with Gasteiger partial charge in [0.05, 0.1) is 32.9 Å². The summed E-state index contributed by atoms with van der Waals surface area (Å²) in [5, 5.41) is 10.3. The molecule has 1 atom stereocenters. The number of aliphatic hydroxyl groups is 1. The lowest BCUT2D eigenvalue weighted by molar-refractivity contribution is 0.178. The Morgan fingerprint density at radius 3 is 2.25 bits per heavy atom. The topological polar surface area (TPSA) is 60.8 Å². The van der Waals surface area contributed by atoms with Crippen LogP contribution in [0.15, 0.2) is 23.8 Å². The lowest BCUT2D eigenvalue weighted by Gasteiger charge is -2.16.